The van der Waals surface area contributed by atoms with Crippen molar-refractivity contribution in [3.63, 3.8) is 0 Å². The van der Waals surface area contributed by atoms with Gasteiger partial charge in [-0.25, -0.2) is 0 Å². The number of allylic oxidation sites excluding steroid dienone is 4. The number of hydrogen-bond acceptors (Lipinski definition) is 8. The molecule has 6 rings (SSSR count). The van der Waals surface area contributed by atoms with Gasteiger partial charge in [0.15, 0.2) is 0 Å². The monoisotopic (exact) mass is 662 g/mol. The molecule has 0 saturated carbocycles. The van der Waals surface area contributed by atoms with E-state index in [-0.39, 0.29) is 45.2 Å². The maximum absolute atomic E-state index is 12.0. The number of nitrogens with one attached hydrogen (secondary N) is 2. The summed E-state index contributed by atoms with van der Waals surface area (Å²) in [7, 11) is 0. The first kappa shape index (κ1) is 34.7. The highest BCUT2D eigenvalue weighted by Crippen LogP contribution is 2.46. The number of fused-ring (bicyclic) bond motifs is 2. The van der Waals surface area contributed by atoms with E-state index in [1.165, 1.54) is 0 Å². The van der Waals surface area contributed by atoms with Gasteiger partial charge in [0.1, 0.15) is 22.9 Å². The lowest BCUT2D eigenvalue weighted by Gasteiger charge is -2.35. The van der Waals surface area contributed by atoms with Crippen molar-refractivity contribution >= 4 is 22.8 Å². The van der Waals surface area contributed by atoms with Gasteiger partial charge in [-0.05, 0) is 69.9 Å². The second-order valence-electron chi connectivity index (χ2n) is 17.8. The summed E-state index contributed by atoms with van der Waals surface area (Å²) in [5, 5.41) is 37.2. The van der Waals surface area contributed by atoms with Crippen LogP contribution in [-0.2, 0) is 17.3 Å². The molecule has 0 amide bonds. The maximum atomic E-state index is 12.0. The fourth-order valence-electron chi connectivity index (χ4n) is 8.06. The summed E-state index contributed by atoms with van der Waals surface area (Å²) in [4.78, 5) is 0. The van der Waals surface area contributed by atoms with Gasteiger partial charge >= 0.3 is 0 Å². The highest BCUT2D eigenvalue weighted by Gasteiger charge is 2.35. The van der Waals surface area contributed by atoms with Crippen molar-refractivity contribution in [3.8, 4) is 11.5 Å². The van der Waals surface area contributed by atoms with Gasteiger partial charge in [-0.2, -0.15) is 31.3 Å². The number of hydrogen-bond donors (Lipinski definition) is 4. The number of aromatic hydroxyl groups is 2. The molecule has 2 unspecified atom stereocenters. The molecule has 2 aromatic rings. The topological polar surface area (TPSA) is 95.7 Å². The lowest BCUT2D eigenvalue weighted by atomic mass is 9.71. The van der Waals surface area contributed by atoms with Crippen LogP contribution in [0.2, 0.25) is 0 Å². The number of rotatable bonds is 8. The molecule has 0 aromatic heterocycles. The first-order chi connectivity index (χ1) is 22.8. The van der Waals surface area contributed by atoms with E-state index >= 15 is 0 Å². The predicted molar refractivity (Wildman–Crippen MR) is 203 cm³/mol. The Bertz CT molecular complexity index is 1680. The summed E-state index contributed by atoms with van der Waals surface area (Å²) in [6.45, 7) is 22.6. The third kappa shape index (κ3) is 7.41. The van der Waals surface area contributed by atoms with E-state index in [0.717, 1.165) is 46.5 Å². The lowest BCUT2D eigenvalue weighted by molar-refractivity contribution is 0.283. The molecule has 260 valence electrons. The van der Waals surface area contributed by atoms with Crippen molar-refractivity contribution < 1.29 is 10.2 Å². The smallest absolute Gasteiger partial charge is 0.146 e. The Hall–Kier alpha value is -4.14. The van der Waals surface area contributed by atoms with Crippen LogP contribution in [0.3, 0.4) is 0 Å². The first-order valence-electron chi connectivity index (χ1n) is 17.5. The molecule has 4 aliphatic rings. The average molecular weight is 663 g/mol. The number of hydrazone groups is 2. The minimum atomic E-state index is -0.203. The molecule has 8 nitrogen and oxygen atoms in total. The molecule has 2 atom stereocenters. The minimum absolute atomic E-state index is 0.0598. The van der Waals surface area contributed by atoms with Crippen molar-refractivity contribution in [2.24, 2.45) is 21.0 Å². The fourth-order valence-corrected chi connectivity index (χ4v) is 8.06. The number of anilines is 2. The zero-order valence-electron chi connectivity index (χ0n) is 30.9. The van der Waals surface area contributed by atoms with Crippen LogP contribution >= 0.6 is 0 Å². The summed E-state index contributed by atoms with van der Waals surface area (Å²) in [5.41, 5.74) is 13.3. The highest BCUT2D eigenvalue weighted by molar-refractivity contribution is 6.04. The van der Waals surface area contributed by atoms with Crippen LogP contribution in [0.15, 0.2) is 83.1 Å². The van der Waals surface area contributed by atoms with Gasteiger partial charge in [0.25, 0.3) is 0 Å². The molecule has 2 aliphatic carbocycles. The molecular formula is C41H54N6O2. The molecule has 2 aliphatic heterocycles. The molecule has 0 radical (unpaired) electrons. The van der Waals surface area contributed by atoms with Gasteiger partial charge in [-0.3, -0.25) is 0 Å². The average Bonchev–Trinajstić information content (AvgIpc) is 3.61. The SMILES string of the molecule is CC(C)(C)CC(C)(C)c1cc(Cc2cc(C(C)(C)CC(C)(C)C)cc(N3N=C4C=CC=CC4N3)c2O)c(O)c(N2N=C3C=CC=CC3N2)c1. The van der Waals surface area contributed by atoms with Crippen LogP contribution in [0, 0.1) is 10.8 Å². The van der Waals surface area contributed by atoms with Crippen LogP contribution in [0.4, 0.5) is 11.4 Å². The van der Waals surface area contributed by atoms with Gasteiger partial charge in [0.2, 0.25) is 0 Å². The molecule has 8 heteroatoms. The fraction of sp³-hybridized carbons (Fsp3) is 0.463. The molecule has 2 aromatic carbocycles. The van der Waals surface area contributed by atoms with Crippen LogP contribution in [0.25, 0.3) is 0 Å². The zero-order chi connectivity index (χ0) is 35.5. The zero-order valence-corrected chi connectivity index (χ0v) is 30.9. The Kier molecular flexibility index (Phi) is 8.73. The Balaban J connectivity index is 1.48. The number of phenolic OH excluding ortho intramolecular Hbond substituents is 2. The van der Waals surface area contributed by atoms with Crippen molar-refractivity contribution in [1.82, 2.24) is 10.9 Å². The van der Waals surface area contributed by atoms with E-state index < -0.39 is 0 Å². The normalized spacial score (nSPS) is 20.5. The largest absolute Gasteiger partial charge is 0.505 e. The van der Waals surface area contributed by atoms with E-state index in [4.69, 9.17) is 10.2 Å². The lowest BCUT2D eigenvalue weighted by Crippen LogP contribution is -2.37. The van der Waals surface area contributed by atoms with Crippen LogP contribution < -0.4 is 21.1 Å². The van der Waals surface area contributed by atoms with Crippen molar-refractivity contribution in [1.29, 1.82) is 0 Å². The second-order valence-corrected chi connectivity index (χ2v) is 17.8. The molecule has 0 fully saturated rings. The molecule has 0 bridgehead atoms. The van der Waals surface area contributed by atoms with Crippen LogP contribution in [-0.4, -0.2) is 33.7 Å². The van der Waals surface area contributed by atoms with Gasteiger partial charge < -0.3 is 10.2 Å². The molecule has 0 saturated heterocycles. The summed E-state index contributed by atoms with van der Waals surface area (Å²) in [6.07, 6.45) is 18.3. The highest BCUT2D eigenvalue weighted by atomic mass is 16.3. The summed E-state index contributed by atoms with van der Waals surface area (Å²) < 4.78 is 0. The standard InChI is InChI=1S/C41H54N6O2/c1-38(2,3)24-40(7,8)28-20-26(36(48)34(22-28)46-42-30-15-11-12-16-31(30)43-46)19-27-21-29(41(9,10)25-39(4,5)6)23-35(37(27)49)47-44-32-17-13-14-18-33(32)45-47/h11-18,20-23,30,32,42,44,48-49H,19,24-25H2,1-10H3. The molecule has 4 N–H and O–H groups in total. The quantitative estimate of drug-likeness (QED) is 0.227. The molecule has 2 heterocycles. The third-order valence-corrected chi connectivity index (χ3v) is 9.64. The number of phenols is 2. The van der Waals surface area contributed by atoms with E-state index in [9.17, 15) is 10.2 Å². The number of nitrogens with zero attached hydrogens (tertiary/aromatic N) is 4. The van der Waals surface area contributed by atoms with E-state index in [1.54, 1.807) is 10.2 Å². The Morgan fingerprint density at radius 2 is 0.980 bits per heavy atom. The Labute approximate surface area is 292 Å². The molecule has 0 spiro atoms. The van der Waals surface area contributed by atoms with Gasteiger partial charge in [0, 0.05) is 17.5 Å². The van der Waals surface area contributed by atoms with E-state index in [0.29, 0.717) is 17.8 Å². The van der Waals surface area contributed by atoms with E-state index in [2.05, 4.69) is 117 Å². The van der Waals surface area contributed by atoms with E-state index in [1.807, 2.05) is 36.5 Å². The summed E-state index contributed by atoms with van der Waals surface area (Å²) in [6, 6.07) is 8.24. The summed E-state index contributed by atoms with van der Waals surface area (Å²) in [5.74, 6) is 0.278. The van der Waals surface area contributed by atoms with Crippen molar-refractivity contribution in [2.45, 2.75) is 111 Å². The Morgan fingerprint density at radius 3 is 1.33 bits per heavy atom. The number of benzene rings is 2. The molecule has 49 heavy (non-hydrogen) atoms. The molecular weight excluding hydrogens is 608 g/mol. The summed E-state index contributed by atoms with van der Waals surface area (Å²) >= 11 is 0. The van der Waals surface area contributed by atoms with Crippen molar-refractivity contribution in [2.75, 3.05) is 10.2 Å². The van der Waals surface area contributed by atoms with Crippen LogP contribution in [0.5, 0.6) is 11.5 Å². The predicted octanol–water partition coefficient (Wildman–Crippen LogP) is 8.47. The second kappa shape index (κ2) is 12.3. The van der Waals surface area contributed by atoms with Crippen LogP contribution in [0.1, 0.15) is 104 Å². The minimum Gasteiger partial charge on any atom is -0.505 e. The number of hydrazine groups is 2. The van der Waals surface area contributed by atoms with Gasteiger partial charge in [-0.15, -0.1) is 0 Å². The maximum Gasteiger partial charge on any atom is 0.146 e. The van der Waals surface area contributed by atoms with Crippen molar-refractivity contribution in [3.05, 3.63) is 95.1 Å². The first-order valence-corrected chi connectivity index (χ1v) is 17.5. The van der Waals surface area contributed by atoms with Gasteiger partial charge in [0.05, 0.1) is 23.5 Å². The Morgan fingerprint density at radius 1 is 0.592 bits per heavy atom. The third-order valence-electron chi connectivity index (χ3n) is 9.64. The van der Waals surface area contributed by atoms with Gasteiger partial charge in [-0.1, -0.05) is 118 Å².